The number of hydrogen-bond acceptors (Lipinski definition) is 5. The molecule has 0 aliphatic rings. The van der Waals surface area contributed by atoms with Crippen molar-refractivity contribution in [2.45, 2.75) is 37.5 Å². The number of hydrogen-bond donors (Lipinski definition) is 2. The van der Waals surface area contributed by atoms with Crippen LogP contribution < -0.4 is 11.1 Å². The number of thioether (sulfide) groups is 1. The molecular weight excluding hydrogens is 318 g/mol. The second-order valence-corrected chi connectivity index (χ2v) is 6.02. The number of benzene rings is 1. The summed E-state index contributed by atoms with van der Waals surface area (Å²) in [5.74, 6) is -0.806. The predicted octanol–water partition coefficient (Wildman–Crippen LogP) is 2.48. The molecule has 0 aliphatic heterocycles. The number of nitro benzene ring substituents is 1. The van der Waals surface area contributed by atoms with Gasteiger partial charge in [-0.15, -0.1) is 11.8 Å². The molecule has 0 saturated heterocycles. The number of amides is 2. The fourth-order valence-electron chi connectivity index (χ4n) is 1.91. The molecule has 0 fully saturated rings. The van der Waals surface area contributed by atoms with Crippen LogP contribution in [0, 0.1) is 10.1 Å². The molecular formula is C15H21N3O4S. The molecule has 0 spiro atoms. The van der Waals surface area contributed by atoms with Crippen molar-refractivity contribution < 1.29 is 14.5 Å². The maximum atomic E-state index is 11.7. The zero-order valence-electron chi connectivity index (χ0n) is 13.0. The average Bonchev–Trinajstić information content (AvgIpc) is 2.52. The minimum Gasteiger partial charge on any atom is -0.366 e. The van der Waals surface area contributed by atoms with Crippen molar-refractivity contribution in [3.05, 3.63) is 33.9 Å². The van der Waals surface area contributed by atoms with E-state index in [4.69, 9.17) is 5.73 Å². The van der Waals surface area contributed by atoms with Gasteiger partial charge in [-0.05, 0) is 18.6 Å². The largest absolute Gasteiger partial charge is 0.366 e. The standard InChI is InChI=1S/C15H21N3O4S/c1-2-3-4-5-8-17-14(19)10-23-13-7-6-11(15(16)20)9-12(13)18(21)22/h6-7,9H,2-5,8,10H2,1H3,(H2,16,20)(H,17,19). The lowest BCUT2D eigenvalue weighted by Gasteiger charge is -2.06. The van der Waals surface area contributed by atoms with E-state index in [0.29, 0.717) is 11.4 Å². The summed E-state index contributed by atoms with van der Waals surface area (Å²) in [6.45, 7) is 2.73. The first-order valence-corrected chi connectivity index (χ1v) is 8.42. The predicted molar refractivity (Wildman–Crippen MR) is 89.5 cm³/mol. The molecule has 126 valence electrons. The zero-order chi connectivity index (χ0) is 17.2. The Hall–Kier alpha value is -2.09. The van der Waals surface area contributed by atoms with E-state index in [-0.39, 0.29) is 22.9 Å². The Balaban J connectivity index is 2.55. The van der Waals surface area contributed by atoms with Crippen LogP contribution >= 0.6 is 11.8 Å². The first-order chi connectivity index (χ1) is 11.0. The number of rotatable bonds is 10. The highest BCUT2D eigenvalue weighted by atomic mass is 32.2. The van der Waals surface area contributed by atoms with Crippen LogP contribution in [0.2, 0.25) is 0 Å². The van der Waals surface area contributed by atoms with Crippen LogP contribution in [0.25, 0.3) is 0 Å². The van der Waals surface area contributed by atoms with Gasteiger partial charge in [0.25, 0.3) is 5.69 Å². The van der Waals surface area contributed by atoms with E-state index in [2.05, 4.69) is 12.2 Å². The quantitative estimate of drug-likeness (QED) is 0.294. The first kappa shape index (κ1) is 19.0. The number of carbonyl (C=O) groups excluding carboxylic acids is 2. The molecule has 0 radical (unpaired) electrons. The molecule has 1 aromatic carbocycles. The molecule has 0 heterocycles. The van der Waals surface area contributed by atoms with Crippen molar-refractivity contribution in [1.82, 2.24) is 5.32 Å². The summed E-state index contributed by atoms with van der Waals surface area (Å²) in [7, 11) is 0. The van der Waals surface area contributed by atoms with Crippen molar-refractivity contribution in [3.8, 4) is 0 Å². The van der Waals surface area contributed by atoms with Gasteiger partial charge in [0.05, 0.1) is 15.6 Å². The van der Waals surface area contributed by atoms with Crippen LogP contribution in [-0.4, -0.2) is 29.0 Å². The number of nitrogens with one attached hydrogen (secondary N) is 1. The molecule has 0 unspecified atom stereocenters. The molecule has 1 aromatic rings. The van der Waals surface area contributed by atoms with Gasteiger partial charge in [-0.3, -0.25) is 19.7 Å². The van der Waals surface area contributed by atoms with Crippen molar-refractivity contribution >= 4 is 29.3 Å². The Morgan fingerprint density at radius 2 is 2.04 bits per heavy atom. The molecule has 7 nitrogen and oxygen atoms in total. The smallest absolute Gasteiger partial charge is 0.283 e. The number of nitrogens with two attached hydrogens (primary N) is 1. The van der Waals surface area contributed by atoms with E-state index in [1.807, 2.05) is 0 Å². The number of primary amides is 1. The van der Waals surface area contributed by atoms with Gasteiger partial charge in [0, 0.05) is 18.2 Å². The van der Waals surface area contributed by atoms with Gasteiger partial charge >= 0.3 is 0 Å². The normalized spacial score (nSPS) is 10.3. The number of nitro groups is 1. The van der Waals surface area contributed by atoms with E-state index in [9.17, 15) is 19.7 Å². The average molecular weight is 339 g/mol. The molecule has 0 atom stereocenters. The van der Waals surface area contributed by atoms with Gasteiger partial charge < -0.3 is 11.1 Å². The Morgan fingerprint density at radius 3 is 2.65 bits per heavy atom. The maximum absolute atomic E-state index is 11.7. The maximum Gasteiger partial charge on any atom is 0.283 e. The van der Waals surface area contributed by atoms with E-state index in [0.717, 1.165) is 43.5 Å². The van der Waals surface area contributed by atoms with Gasteiger partial charge in [-0.25, -0.2) is 0 Å². The monoisotopic (exact) mass is 339 g/mol. The number of carbonyl (C=O) groups is 2. The fourth-order valence-corrected chi connectivity index (χ4v) is 2.74. The molecule has 2 amide bonds. The second-order valence-electron chi connectivity index (χ2n) is 5.00. The van der Waals surface area contributed by atoms with Crippen molar-refractivity contribution in [3.63, 3.8) is 0 Å². The lowest BCUT2D eigenvalue weighted by atomic mass is 10.2. The van der Waals surface area contributed by atoms with Crippen LogP contribution in [0.1, 0.15) is 43.0 Å². The lowest BCUT2D eigenvalue weighted by Crippen LogP contribution is -2.26. The zero-order valence-corrected chi connectivity index (χ0v) is 13.9. The lowest BCUT2D eigenvalue weighted by molar-refractivity contribution is -0.387. The molecule has 3 N–H and O–H groups in total. The van der Waals surface area contributed by atoms with E-state index in [1.165, 1.54) is 12.1 Å². The van der Waals surface area contributed by atoms with Crippen molar-refractivity contribution in [1.29, 1.82) is 0 Å². The van der Waals surface area contributed by atoms with Crippen LogP contribution in [0.4, 0.5) is 5.69 Å². The summed E-state index contributed by atoms with van der Waals surface area (Å²) < 4.78 is 0. The third-order valence-corrected chi connectivity index (χ3v) is 4.21. The van der Waals surface area contributed by atoms with E-state index >= 15 is 0 Å². The highest BCUT2D eigenvalue weighted by molar-refractivity contribution is 8.00. The highest BCUT2D eigenvalue weighted by Gasteiger charge is 2.17. The number of nitrogens with zero attached hydrogens (tertiary/aromatic N) is 1. The van der Waals surface area contributed by atoms with Gasteiger partial charge in [-0.1, -0.05) is 26.2 Å². The van der Waals surface area contributed by atoms with Crippen LogP contribution in [0.3, 0.4) is 0 Å². The Kier molecular flexibility index (Phi) is 8.10. The second kappa shape index (κ2) is 9.83. The third-order valence-electron chi connectivity index (χ3n) is 3.15. The van der Waals surface area contributed by atoms with Gasteiger partial charge in [0.15, 0.2) is 0 Å². The Morgan fingerprint density at radius 1 is 1.30 bits per heavy atom. The molecule has 23 heavy (non-hydrogen) atoms. The summed E-state index contributed by atoms with van der Waals surface area (Å²) in [4.78, 5) is 33.6. The van der Waals surface area contributed by atoms with Crippen LogP contribution in [-0.2, 0) is 4.79 Å². The fraction of sp³-hybridized carbons (Fsp3) is 0.467. The minimum absolute atomic E-state index is 0.0708. The molecule has 0 bridgehead atoms. The highest BCUT2D eigenvalue weighted by Crippen LogP contribution is 2.29. The van der Waals surface area contributed by atoms with Gasteiger partial charge in [-0.2, -0.15) is 0 Å². The molecule has 0 aromatic heterocycles. The molecule has 0 saturated carbocycles. The molecule has 8 heteroatoms. The number of unbranched alkanes of at least 4 members (excludes halogenated alkanes) is 3. The molecule has 1 rings (SSSR count). The third kappa shape index (κ3) is 6.68. The van der Waals surface area contributed by atoms with E-state index in [1.54, 1.807) is 0 Å². The summed E-state index contributed by atoms with van der Waals surface area (Å²) in [6.07, 6.45) is 4.28. The summed E-state index contributed by atoms with van der Waals surface area (Å²) in [5, 5.41) is 13.8. The Labute approximate surface area is 139 Å². The van der Waals surface area contributed by atoms with Crippen LogP contribution in [0.15, 0.2) is 23.1 Å². The van der Waals surface area contributed by atoms with Gasteiger partial charge in [0.1, 0.15) is 0 Å². The summed E-state index contributed by atoms with van der Waals surface area (Å²) in [5.41, 5.74) is 4.96. The Bertz CT molecular complexity index is 578. The molecule has 0 aliphatic carbocycles. The minimum atomic E-state index is -0.727. The SMILES string of the molecule is CCCCCCNC(=O)CSc1ccc(C(N)=O)cc1[N+](=O)[O-]. The first-order valence-electron chi connectivity index (χ1n) is 7.43. The van der Waals surface area contributed by atoms with Crippen molar-refractivity contribution in [2.75, 3.05) is 12.3 Å². The van der Waals surface area contributed by atoms with Gasteiger partial charge in [0.2, 0.25) is 11.8 Å². The topological polar surface area (TPSA) is 115 Å². The summed E-state index contributed by atoms with van der Waals surface area (Å²) in [6, 6.07) is 3.99. The van der Waals surface area contributed by atoms with Crippen molar-refractivity contribution in [2.24, 2.45) is 5.73 Å². The summed E-state index contributed by atoms with van der Waals surface area (Å²) >= 11 is 1.07. The van der Waals surface area contributed by atoms with Crippen LogP contribution in [0.5, 0.6) is 0 Å². The van der Waals surface area contributed by atoms with E-state index < -0.39 is 10.8 Å².